The van der Waals surface area contributed by atoms with Crippen LogP contribution in [0.25, 0.3) is 0 Å². The number of nitrogens with one attached hydrogen (secondary N) is 1. The molecule has 4 heteroatoms. The van der Waals surface area contributed by atoms with Gasteiger partial charge in [-0.1, -0.05) is 0 Å². The maximum Gasteiger partial charge on any atom is 0.0795 e. The molecule has 0 aliphatic carbocycles. The fourth-order valence-electron chi connectivity index (χ4n) is 2.28. The minimum absolute atomic E-state index is 0.798. The van der Waals surface area contributed by atoms with Gasteiger partial charge in [-0.2, -0.15) is 0 Å². The van der Waals surface area contributed by atoms with Crippen molar-refractivity contribution >= 4 is 22.7 Å². The van der Waals surface area contributed by atoms with E-state index in [1.54, 1.807) is 11.3 Å². The topological polar surface area (TPSA) is 28.2 Å². The zero-order chi connectivity index (χ0) is 12.2. The summed E-state index contributed by atoms with van der Waals surface area (Å²) in [7, 11) is 0. The van der Waals surface area contributed by atoms with E-state index in [2.05, 4.69) is 44.8 Å². The lowest BCUT2D eigenvalue weighted by Gasteiger charge is -2.17. The van der Waals surface area contributed by atoms with Crippen LogP contribution in [0.2, 0.25) is 0 Å². The first-order valence-electron chi connectivity index (χ1n) is 6.38. The smallest absolute Gasteiger partial charge is 0.0795 e. The van der Waals surface area contributed by atoms with Crippen molar-refractivity contribution in [1.29, 1.82) is 0 Å². The molecule has 1 saturated heterocycles. The molecule has 0 amide bonds. The third-order valence-corrected chi connectivity index (χ3v) is 3.93. The lowest BCUT2D eigenvalue weighted by atomic mass is 10.2. The van der Waals surface area contributed by atoms with Crippen molar-refractivity contribution in [3.05, 3.63) is 40.8 Å². The summed E-state index contributed by atoms with van der Waals surface area (Å²) in [6, 6.07) is 8.71. The molecule has 0 atom stereocenters. The van der Waals surface area contributed by atoms with Crippen LogP contribution >= 0.6 is 11.3 Å². The van der Waals surface area contributed by atoms with Gasteiger partial charge in [0.25, 0.3) is 0 Å². The molecule has 1 fully saturated rings. The van der Waals surface area contributed by atoms with Crippen molar-refractivity contribution < 1.29 is 0 Å². The summed E-state index contributed by atoms with van der Waals surface area (Å²) in [5.74, 6) is 0. The number of nitrogens with zero attached hydrogens (tertiary/aromatic N) is 2. The molecule has 18 heavy (non-hydrogen) atoms. The first kappa shape index (κ1) is 11.5. The van der Waals surface area contributed by atoms with Gasteiger partial charge in [-0.25, -0.2) is 4.98 Å². The number of anilines is 2. The van der Waals surface area contributed by atoms with Crippen LogP contribution < -0.4 is 10.2 Å². The van der Waals surface area contributed by atoms with Gasteiger partial charge in [0.1, 0.15) is 0 Å². The minimum Gasteiger partial charge on any atom is -0.379 e. The largest absolute Gasteiger partial charge is 0.379 e. The summed E-state index contributed by atoms with van der Waals surface area (Å²) in [5.41, 5.74) is 5.47. The Hall–Kier alpha value is -1.55. The van der Waals surface area contributed by atoms with Crippen molar-refractivity contribution in [3.63, 3.8) is 0 Å². The van der Waals surface area contributed by atoms with E-state index in [-0.39, 0.29) is 0 Å². The van der Waals surface area contributed by atoms with Gasteiger partial charge in [-0.15, -0.1) is 11.3 Å². The van der Waals surface area contributed by atoms with Crippen LogP contribution in [0.15, 0.2) is 35.2 Å². The Labute approximate surface area is 111 Å². The van der Waals surface area contributed by atoms with E-state index >= 15 is 0 Å². The highest BCUT2D eigenvalue weighted by Gasteiger charge is 2.11. The van der Waals surface area contributed by atoms with Gasteiger partial charge in [0.2, 0.25) is 0 Å². The Morgan fingerprint density at radius 1 is 1.17 bits per heavy atom. The van der Waals surface area contributed by atoms with E-state index in [0.717, 1.165) is 17.9 Å². The standard InChI is InChI=1S/C14H17N3S/c1-2-8-17(7-1)14-5-3-12(4-6-14)15-9-13-10-18-11-16-13/h3-6,10-11,15H,1-2,7-9H2. The summed E-state index contributed by atoms with van der Waals surface area (Å²) in [6.45, 7) is 3.20. The Balaban J connectivity index is 1.60. The molecule has 2 aromatic rings. The Kier molecular flexibility index (Phi) is 3.46. The molecule has 1 aromatic carbocycles. The van der Waals surface area contributed by atoms with Crippen LogP contribution in [-0.4, -0.2) is 18.1 Å². The van der Waals surface area contributed by atoms with Crippen molar-refractivity contribution in [2.45, 2.75) is 19.4 Å². The van der Waals surface area contributed by atoms with Crippen LogP contribution in [0, 0.1) is 0 Å². The highest BCUT2D eigenvalue weighted by molar-refractivity contribution is 7.07. The fraction of sp³-hybridized carbons (Fsp3) is 0.357. The van der Waals surface area contributed by atoms with E-state index < -0.39 is 0 Å². The van der Waals surface area contributed by atoms with Crippen LogP contribution in [0.4, 0.5) is 11.4 Å². The molecule has 3 rings (SSSR count). The second-order valence-corrected chi connectivity index (χ2v) is 5.29. The van der Waals surface area contributed by atoms with Crippen LogP contribution in [0.1, 0.15) is 18.5 Å². The number of thiazole rings is 1. The maximum atomic E-state index is 4.26. The average Bonchev–Trinajstić information content (AvgIpc) is 3.10. The molecule has 1 aromatic heterocycles. The third kappa shape index (κ3) is 2.64. The fourth-order valence-corrected chi connectivity index (χ4v) is 2.84. The number of aromatic nitrogens is 1. The van der Waals surface area contributed by atoms with Gasteiger partial charge in [-0.05, 0) is 37.1 Å². The average molecular weight is 259 g/mol. The molecular formula is C14H17N3S. The van der Waals surface area contributed by atoms with Gasteiger partial charge >= 0.3 is 0 Å². The van der Waals surface area contributed by atoms with Gasteiger partial charge in [0.05, 0.1) is 17.7 Å². The monoisotopic (exact) mass is 259 g/mol. The lowest BCUT2D eigenvalue weighted by Crippen LogP contribution is -2.17. The van der Waals surface area contributed by atoms with E-state index in [1.807, 2.05) is 5.51 Å². The SMILES string of the molecule is c1nc(CNc2ccc(N3CCCC3)cc2)cs1. The Bertz CT molecular complexity index is 472. The molecule has 0 unspecified atom stereocenters. The zero-order valence-corrected chi connectivity index (χ0v) is 11.1. The van der Waals surface area contributed by atoms with Crippen molar-refractivity contribution in [1.82, 2.24) is 4.98 Å². The lowest BCUT2D eigenvalue weighted by molar-refractivity contribution is 0.949. The molecule has 0 spiro atoms. The van der Waals surface area contributed by atoms with Crippen molar-refractivity contribution in [2.75, 3.05) is 23.3 Å². The first-order chi connectivity index (χ1) is 8.92. The molecule has 2 heterocycles. The Morgan fingerprint density at radius 3 is 2.61 bits per heavy atom. The van der Waals surface area contributed by atoms with E-state index in [4.69, 9.17) is 0 Å². The predicted octanol–water partition coefficient (Wildman–Crippen LogP) is 3.36. The Morgan fingerprint density at radius 2 is 1.94 bits per heavy atom. The maximum absolute atomic E-state index is 4.26. The molecule has 3 nitrogen and oxygen atoms in total. The molecule has 1 aliphatic heterocycles. The molecule has 0 radical (unpaired) electrons. The third-order valence-electron chi connectivity index (χ3n) is 3.30. The van der Waals surface area contributed by atoms with E-state index in [1.165, 1.54) is 31.6 Å². The van der Waals surface area contributed by atoms with E-state index in [9.17, 15) is 0 Å². The quantitative estimate of drug-likeness (QED) is 0.912. The predicted molar refractivity (Wildman–Crippen MR) is 77.3 cm³/mol. The summed E-state index contributed by atoms with van der Waals surface area (Å²) in [4.78, 5) is 6.71. The summed E-state index contributed by atoms with van der Waals surface area (Å²) in [5, 5.41) is 5.47. The molecular weight excluding hydrogens is 242 g/mol. The van der Waals surface area contributed by atoms with Gasteiger partial charge in [-0.3, -0.25) is 0 Å². The van der Waals surface area contributed by atoms with E-state index in [0.29, 0.717) is 0 Å². The highest BCUT2D eigenvalue weighted by Crippen LogP contribution is 2.22. The molecule has 1 aliphatic rings. The summed E-state index contributed by atoms with van der Waals surface area (Å²) >= 11 is 1.64. The molecule has 1 N–H and O–H groups in total. The normalized spacial score (nSPS) is 15.0. The second kappa shape index (κ2) is 5.40. The van der Waals surface area contributed by atoms with Gasteiger partial charge in [0, 0.05) is 29.8 Å². The number of hydrogen-bond donors (Lipinski definition) is 1. The summed E-state index contributed by atoms with van der Waals surface area (Å²) < 4.78 is 0. The van der Waals surface area contributed by atoms with Gasteiger partial charge < -0.3 is 10.2 Å². The molecule has 0 bridgehead atoms. The van der Waals surface area contributed by atoms with Crippen LogP contribution in [0.5, 0.6) is 0 Å². The summed E-state index contributed by atoms with van der Waals surface area (Å²) in [6.07, 6.45) is 2.65. The van der Waals surface area contributed by atoms with Gasteiger partial charge in [0.15, 0.2) is 0 Å². The molecule has 0 saturated carbocycles. The first-order valence-corrected chi connectivity index (χ1v) is 7.32. The molecule has 94 valence electrons. The number of hydrogen-bond acceptors (Lipinski definition) is 4. The van der Waals surface area contributed by atoms with Crippen LogP contribution in [0.3, 0.4) is 0 Å². The van der Waals surface area contributed by atoms with Crippen molar-refractivity contribution in [3.8, 4) is 0 Å². The number of benzene rings is 1. The van der Waals surface area contributed by atoms with Crippen LogP contribution in [-0.2, 0) is 6.54 Å². The van der Waals surface area contributed by atoms with Crippen molar-refractivity contribution in [2.24, 2.45) is 0 Å². The minimum atomic E-state index is 0.798. The zero-order valence-electron chi connectivity index (χ0n) is 10.3. The highest BCUT2D eigenvalue weighted by atomic mass is 32.1. The second-order valence-electron chi connectivity index (χ2n) is 4.57. The number of rotatable bonds is 4.